The molecule has 1 amide bonds. The summed E-state index contributed by atoms with van der Waals surface area (Å²) in [5.41, 5.74) is 6.47. The maximum Gasteiger partial charge on any atom is 0.267 e. The van der Waals surface area contributed by atoms with E-state index in [1.165, 1.54) is 22.8 Å². The summed E-state index contributed by atoms with van der Waals surface area (Å²) in [6, 6.07) is 14.8. The minimum absolute atomic E-state index is 0.370. The fourth-order valence-corrected chi connectivity index (χ4v) is 3.38. The van der Waals surface area contributed by atoms with Crippen molar-refractivity contribution in [3.05, 3.63) is 70.8 Å². The number of hydrogen-bond acceptors (Lipinski definition) is 4. The van der Waals surface area contributed by atoms with Crippen molar-refractivity contribution < 1.29 is 14.7 Å². The Kier molecular flexibility index (Phi) is 6.04. The van der Waals surface area contributed by atoms with Gasteiger partial charge in [-0.25, -0.2) is 5.48 Å². The van der Waals surface area contributed by atoms with Gasteiger partial charge >= 0.3 is 0 Å². The molecule has 3 N–H and O–H groups in total. The van der Waals surface area contributed by atoms with Gasteiger partial charge in [-0.3, -0.25) is 10.0 Å². The molecule has 136 valence electrons. The van der Waals surface area contributed by atoms with Crippen molar-refractivity contribution in [2.75, 3.05) is 13.7 Å². The van der Waals surface area contributed by atoms with Gasteiger partial charge in [-0.1, -0.05) is 30.3 Å². The molecule has 0 aliphatic heterocycles. The molecule has 26 heavy (non-hydrogen) atoms. The molecule has 0 fully saturated rings. The minimum Gasteiger partial charge on any atom is -0.497 e. The van der Waals surface area contributed by atoms with Gasteiger partial charge in [-0.15, -0.1) is 0 Å². The number of rotatable bonds is 7. The van der Waals surface area contributed by atoms with Crippen molar-refractivity contribution in [2.24, 2.45) is 0 Å². The van der Waals surface area contributed by atoms with Crippen LogP contribution in [0.15, 0.2) is 48.5 Å². The van der Waals surface area contributed by atoms with Gasteiger partial charge in [0.15, 0.2) is 0 Å². The Bertz CT molecular complexity index is 802. The van der Waals surface area contributed by atoms with Gasteiger partial charge in [0.1, 0.15) is 5.75 Å². The zero-order valence-corrected chi connectivity index (χ0v) is 14.9. The van der Waals surface area contributed by atoms with E-state index in [0.29, 0.717) is 6.04 Å². The highest BCUT2D eigenvalue weighted by atomic mass is 16.5. The summed E-state index contributed by atoms with van der Waals surface area (Å²) in [4.78, 5) is 11.1. The maximum atomic E-state index is 11.1. The molecule has 2 aromatic rings. The molecule has 1 unspecified atom stereocenters. The van der Waals surface area contributed by atoms with E-state index in [9.17, 15) is 4.79 Å². The summed E-state index contributed by atoms with van der Waals surface area (Å²) in [7, 11) is 1.69. The van der Waals surface area contributed by atoms with Crippen molar-refractivity contribution in [1.29, 1.82) is 0 Å². The van der Waals surface area contributed by atoms with Crippen molar-refractivity contribution in [1.82, 2.24) is 10.8 Å². The Morgan fingerprint density at radius 2 is 2.19 bits per heavy atom. The second-order valence-corrected chi connectivity index (χ2v) is 6.41. The summed E-state index contributed by atoms with van der Waals surface area (Å²) in [5.74, 6) is 0.367. The number of amides is 1. The van der Waals surface area contributed by atoms with E-state index >= 15 is 0 Å². The summed E-state index contributed by atoms with van der Waals surface area (Å²) in [5, 5.41) is 12.2. The Labute approximate surface area is 153 Å². The lowest BCUT2D eigenvalue weighted by Crippen LogP contribution is -2.21. The highest BCUT2D eigenvalue weighted by molar-refractivity contribution is 5.90. The molecular weight excluding hydrogens is 328 g/mol. The normalized spacial score (nSPS) is 15.8. The smallest absolute Gasteiger partial charge is 0.267 e. The van der Waals surface area contributed by atoms with E-state index in [1.807, 2.05) is 18.2 Å². The van der Waals surface area contributed by atoms with Gasteiger partial charge in [0.25, 0.3) is 5.91 Å². The Morgan fingerprint density at radius 3 is 3.00 bits per heavy atom. The number of carbonyl (C=O) groups is 1. The van der Waals surface area contributed by atoms with E-state index in [4.69, 9.17) is 9.94 Å². The third kappa shape index (κ3) is 4.50. The topological polar surface area (TPSA) is 70.6 Å². The molecule has 0 heterocycles. The first-order valence-corrected chi connectivity index (χ1v) is 8.81. The van der Waals surface area contributed by atoms with Crippen LogP contribution in [0.2, 0.25) is 0 Å². The molecule has 1 atom stereocenters. The van der Waals surface area contributed by atoms with Crippen LogP contribution in [0.3, 0.4) is 0 Å². The lowest BCUT2D eigenvalue weighted by molar-refractivity contribution is -0.124. The van der Waals surface area contributed by atoms with Crippen LogP contribution in [-0.4, -0.2) is 24.8 Å². The van der Waals surface area contributed by atoms with Crippen LogP contribution in [0.4, 0.5) is 0 Å². The summed E-state index contributed by atoms with van der Waals surface area (Å²) in [6.45, 7) is 0.912. The first kappa shape index (κ1) is 18.2. The lowest BCUT2D eigenvalue weighted by atomic mass is 10.0. The molecule has 5 nitrogen and oxygen atoms in total. The van der Waals surface area contributed by atoms with Crippen molar-refractivity contribution in [3.8, 4) is 5.75 Å². The van der Waals surface area contributed by atoms with Crippen molar-refractivity contribution >= 4 is 12.0 Å². The average Bonchev–Trinajstić information content (AvgIpc) is 3.08. The molecular formula is C21H24N2O3. The number of hydroxylamine groups is 1. The molecule has 0 saturated carbocycles. The van der Waals surface area contributed by atoms with E-state index in [2.05, 4.69) is 29.6 Å². The van der Waals surface area contributed by atoms with Gasteiger partial charge in [-0.05, 0) is 66.3 Å². The largest absolute Gasteiger partial charge is 0.497 e. The number of methoxy groups -OCH3 is 1. The summed E-state index contributed by atoms with van der Waals surface area (Å²) < 4.78 is 5.27. The molecule has 0 radical (unpaired) electrons. The standard InChI is InChI=1S/C21H24N2O3/c1-26-18-4-2-3-15(14-18)11-12-22-20-9-7-17-13-16(5-8-19(17)20)6-10-21(24)23-25/h2-6,8,10,13-14,20,22,25H,7,9,11-12H2,1H3,(H,23,24). The van der Waals surface area contributed by atoms with Crippen LogP contribution >= 0.6 is 0 Å². The number of aryl methyl sites for hydroxylation is 1. The number of fused-ring (bicyclic) bond motifs is 1. The third-order valence-electron chi connectivity index (χ3n) is 4.72. The van der Waals surface area contributed by atoms with Crippen molar-refractivity contribution in [2.45, 2.75) is 25.3 Å². The van der Waals surface area contributed by atoms with E-state index in [0.717, 1.165) is 37.1 Å². The van der Waals surface area contributed by atoms with E-state index in [1.54, 1.807) is 18.7 Å². The number of benzene rings is 2. The number of carbonyl (C=O) groups excluding carboxylic acids is 1. The van der Waals surface area contributed by atoms with Gasteiger partial charge in [0.05, 0.1) is 7.11 Å². The number of hydrogen-bond donors (Lipinski definition) is 3. The molecule has 0 spiro atoms. The third-order valence-corrected chi connectivity index (χ3v) is 4.72. The predicted octanol–water partition coefficient (Wildman–Crippen LogP) is 3.03. The lowest BCUT2D eigenvalue weighted by Gasteiger charge is -2.14. The zero-order valence-electron chi connectivity index (χ0n) is 14.9. The summed E-state index contributed by atoms with van der Waals surface area (Å²) >= 11 is 0. The molecule has 3 rings (SSSR count). The molecule has 0 aromatic heterocycles. The van der Waals surface area contributed by atoms with Gasteiger partial charge in [0, 0.05) is 12.1 Å². The second kappa shape index (κ2) is 8.65. The van der Waals surface area contributed by atoms with Crippen LogP contribution in [0.1, 0.15) is 34.7 Å². The molecule has 5 heteroatoms. The average molecular weight is 352 g/mol. The Morgan fingerprint density at radius 1 is 1.31 bits per heavy atom. The van der Waals surface area contributed by atoms with Gasteiger partial charge in [0.2, 0.25) is 0 Å². The maximum absolute atomic E-state index is 11.1. The monoisotopic (exact) mass is 352 g/mol. The van der Waals surface area contributed by atoms with Crippen LogP contribution in [0.5, 0.6) is 5.75 Å². The first-order valence-electron chi connectivity index (χ1n) is 8.81. The fraction of sp³-hybridized carbons (Fsp3) is 0.286. The quantitative estimate of drug-likeness (QED) is 0.407. The van der Waals surface area contributed by atoms with Gasteiger partial charge in [-0.2, -0.15) is 0 Å². The number of ether oxygens (including phenoxy) is 1. The van der Waals surface area contributed by atoms with Crippen molar-refractivity contribution in [3.63, 3.8) is 0 Å². The highest BCUT2D eigenvalue weighted by Crippen LogP contribution is 2.32. The van der Waals surface area contributed by atoms with Crippen LogP contribution < -0.4 is 15.5 Å². The van der Waals surface area contributed by atoms with E-state index in [-0.39, 0.29) is 0 Å². The van der Waals surface area contributed by atoms with Crippen LogP contribution in [0, 0.1) is 0 Å². The molecule has 0 saturated heterocycles. The molecule has 1 aliphatic carbocycles. The fourth-order valence-electron chi connectivity index (χ4n) is 3.38. The Hall–Kier alpha value is -2.63. The van der Waals surface area contributed by atoms with E-state index < -0.39 is 5.91 Å². The van der Waals surface area contributed by atoms with Crippen LogP contribution in [-0.2, 0) is 17.6 Å². The highest BCUT2D eigenvalue weighted by Gasteiger charge is 2.21. The second-order valence-electron chi connectivity index (χ2n) is 6.41. The first-order chi connectivity index (χ1) is 12.7. The van der Waals surface area contributed by atoms with Crippen LogP contribution in [0.25, 0.3) is 6.08 Å². The molecule has 1 aliphatic rings. The zero-order chi connectivity index (χ0) is 18.4. The number of nitrogens with one attached hydrogen (secondary N) is 2. The summed E-state index contributed by atoms with van der Waals surface area (Å²) in [6.07, 6.45) is 6.09. The Balaban J connectivity index is 1.57. The minimum atomic E-state index is -0.525. The van der Waals surface area contributed by atoms with Gasteiger partial charge < -0.3 is 10.1 Å². The predicted molar refractivity (Wildman–Crippen MR) is 101 cm³/mol. The molecule has 2 aromatic carbocycles. The molecule has 0 bridgehead atoms. The SMILES string of the molecule is COc1cccc(CCNC2CCc3cc(C=CC(=O)NO)ccc32)c1.